The molecule has 0 radical (unpaired) electrons. The first-order valence-corrected chi connectivity index (χ1v) is 3.37. The molecule has 4 heteroatoms. The molecule has 0 fully saturated rings. The Balaban J connectivity index is 0.000000720. The number of rotatable bonds is 1. The summed E-state index contributed by atoms with van der Waals surface area (Å²) in [6.07, 6.45) is 1.50. The van der Waals surface area contributed by atoms with Crippen molar-refractivity contribution in [2.75, 3.05) is 0 Å². The van der Waals surface area contributed by atoms with Crippen molar-refractivity contribution >= 4 is 12.4 Å². The van der Waals surface area contributed by atoms with E-state index < -0.39 is 0 Å². The lowest BCUT2D eigenvalue weighted by molar-refractivity contribution is 1.10. The molecule has 0 aliphatic carbocycles. The first kappa shape index (κ1) is 8.74. The number of aromatic amines is 1. The zero-order valence-corrected chi connectivity index (χ0v) is 7.08. The lowest BCUT2D eigenvalue weighted by Gasteiger charge is -1.91. The fraction of sp³-hybridized carbons (Fsp3) is 0. The monoisotopic (exact) mass is 181 g/mol. The van der Waals surface area contributed by atoms with Crippen LogP contribution in [0.4, 0.5) is 0 Å². The highest BCUT2D eigenvalue weighted by Gasteiger charge is 1.95. The Hall–Kier alpha value is -1.35. The van der Waals surface area contributed by atoms with Crippen LogP contribution in [0.3, 0.4) is 0 Å². The second kappa shape index (κ2) is 3.88. The zero-order valence-electron chi connectivity index (χ0n) is 6.27. The van der Waals surface area contributed by atoms with Crippen LogP contribution >= 0.6 is 12.4 Å². The van der Waals surface area contributed by atoms with E-state index in [0.717, 1.165) is 11.4 Å². The van der Waals surface area contributed by atoms with Crippen LogP contribution in [0.5, 0.6) is 0 Å². The highest BCUT2D eigenvalue weighted by Crippen LogP contribution is 2.10. The molecule has 2 rings (SSSR count). The van der Waals surface area contributed by atoms with Gasteiger partial charge in [0.2, 0.25) is 0 Å². The molecule has 1 N–H and O–H groups in total. The molecule has 0 aliphatic rings. The number of hydrogen-bond donors (Lipinski definition) is 1. The standard InChI is InChI=1S/C8H7N3.ClH/c1-2-4-7(5-3-1)8-9-6-10-11-8;/h1-6H,(H,9,10,11);1H. The number of nitrogens with zero attached hydrogens (tertiary/aromatic N) is 2. The number of benzene rings is 1. The predicted molar refractivity (Wildman–Crippen MR) is 49.1 cm³/mol. The molecule has 0 atom stereocenters. The van der Waals surface area contributed by atoms with Gasteiger partial charge in [0, 0.05) is 5.56 Å². The molecule has 0 bridgehead atoms. The molecular weight excluding hydrogens is 174 g/mol. The minimum atomic E-state index is 0. The van der Waals surface area contributed by atoms with Crippen molar-refractivity contribution in [2.24, 2.45) is 0 Å². The van der Waals surface area contributed by atoms with Gasteiger partial charge in [-0.15, -0.1) is 12.4 Å². The number of aromatic nitrogens is 3. The first-order chi connectivity index (χ1) is 5.47. The molecular formula is C8H8ClN3. The maximum atomic E-state index is 4.02. The van der Waals surface area contributed by atoms with Gasteiger partial charge in [0.25, 0.3) is 0 Å². The minimum Gasteiger partial charge on any atom is -0.259 e. The molecule has 3 nitrogen and oxygen atoms in total. The quantitative estimate of drug-likeness (QED) is 0.730. The second-order valence-corrected chi connectivity index (χ2v) is 2.20. The van der Waals surface area contributed by atoms with E-state index in [1.54, 1.807) is 0 Å². The van der Waals surface area contributed by atoms with Gasteiger partial charge in [0.15, 0.2) is 5.82 Å². The lowest BCUT2D eigenvalue weighted by Crippen LogP contribution is -1.78. The Labute approximate surface area is 76.3 Å². The normalized spacial score (nSPS) is 9.00. The van der Waals surface area contributed by atoms with Crippen LogP contribution < -0.4 is 0 Å². The van der Waals surface area contributed by atoms with Gasteiger partial charge in [-0.05, 0) is 0 Å². The van der Waals surface area contributed by atoms with Crippen LogP contribution in [-0.2, 0) is 0 Å². The van der Waals surface area contributed by atoms with Gasteiger partial charge in [-0.2, -0.15) is 5.10 Å². The second-order valence-electron chi connectivity index (χ2n) is 2.20. The molecule has 1 aromatic heterocycles. The van der Waals surface area contributed by atoms with Crippen LogP contribution in [0.25, 0.3) is 11.4 Å². The third kappa shape index (κ3) is 1.62. The summed E-state index contributed by atoms with van der Waals surface area (Å²) in [5, 5.41) is 6.55. The van der Waals surface area contributed by atoms with Crippen LogP contribution in [0.15, 0.2) is 36.7 Å². The molecule has 12 heavy (non-hydrogen) atoms. The first-order valence-electron chi connectivity index (χ1n) is 3.37. The van der Waals surface area contributed by atoms with Gasteiger partial charge in [0.05, 0.1) is 0 Å². The molecule has 0 unspecified atom stereocenters. The summed E-state index contributed by atoms with van der Waals surface area (Å²) in [5.74, 6) is 0.811. The molecule has 1 heterocycles. The summed E-state index contributed by atoms with van der Waals surface area (Å²) in [7, 11) is 0. The van der Waals surface area contributed by atoms with Gasteiger partial charge >= 0.3 is 0 Å². The molecule has 0 aliphatic heterocycles. The number of nitrogens with one attached hydrogen (secondary N) is 1. The number of H-pyrrole nitrogens is 1. The third-order valence-corrected chi connectivity index (χ3v) is 1.46. The average molecular weight is 182 g/mol. The van der Waals surface area contributed by atoms with Crippen molar-refractivity contribution in [3.63, 3.8) is 0 Å². The highest BCUT2D eigenvalue weighted by molar-refractivity contribution is 5.85. The van der Waals surface area contributed by atoms with E-state index in [1.807, 2.05) is 30.3 Å². The average Bonchev–Trinajstić information content (AvgIpc) is 2.58. The Morgan fingerprint density at radius 3 is 2.42 bits per heavy atom. The molecule has 1 aromatic carbocycles. The summed E-state index contributed by atoms with van der Waals surface area (Å²) in [4.78, 5) is 4.02. The molecule has 0 saturated heterocycles. The third-order valence-electron chi connectivity index (χ3n) is 1.46. The van der Waals surface area contributed by atoms with E-state index in [-0.39, 0.29) is 12.4 Å². The van der Waals surface area contributed by atoms with E-state index in [1.165, 1.54) is 6.33 Å². The van der Waals surface area contributed by atoms with Gasteiger partial charge in [-0.3, -0.25) is 5.10 Å². The van der Waals surface area contributed by atoms with Crippen molar-refractivity contribution in [3.05, 3.63) is 36.7 Å². The fourth-order valence-corrected chi connectivity index (χ4v) is 0.941. The summed E-state index contributed by atoms with van der Waals surface area (Å²) >= 11 is 0. The molecule has 0 saturated carbocycles. The van der Waals surface area contributed by atoms with Crippen LogP contribution in [0.1, 0.15) is 0 Å². The van der Waals surface area contributed by atoms with Crippen molar-refractivity contribution in [2.45, 2.75) is 0 Å². The molecule has 0 spiro atoms. The Bertz CT molecular complexity index is 317. The SMILES string of the molecule is Cl.c1ccc(-c2ncn[nH]2)cc1. The van der Waals surface area contributed by atoms with Gasteiger partial charge in [-0.1, -0.05) is 30.3 Å². The maximum absolute atomic E-state index is 4.02. The van der Waals surface area contributed by atoms with E-state index in [0.29, 0.717) is 0 Å². The van der Waals surface area contributed by atoms with Crippen molar-refractivity contribution in [1.82, 2.24) is 15.2 Å². The van der Waals surface area contributed by atoms with Crippen molar-refractivity contribution in [3.8, 4) is 11.4 Å². The van der Waals surface area contributed by atoms with Crippen LogP contribution in [0.2, 0.25) is 0 Å². The Morgan fingerprint density at radius 1 is 1.08 bits per heavy atom. The zero-order chi connectivity index (χ0) is 7.52. The van der Waals surface area contributed by atoms with Crippen LogP contribution in [0, 0.1) is 0 Å². The van der Waals surface area contributed by atoms with Gasteiger partial charge in [0.1, 0.15) is 6.33 Å². The fourth-order valence-electron chi connectivity index (χ4n) is 0.941. The van der Waals surface area contributed by atoms with E-state index in [2.05, 4.69) is 15.2 Å². The number of hydrogen-bond acceptors (Lipinski definition) is 2. The maximum Gasteiger partial charge on any atom is 0.155 e. The Morgan fingerprint density at radius 2 is 1.83 bits per heavy atom. The summed E-state index contributed by atoms with van der Waals surface area (Å²) in [5.41, 5.74) is 1.06. The largest absolute Gasteiger partial charge is 0.259 e. The van der Waals surface area contributed by atoms with Crippen molar-refractivity contribution in [1.29, 1.82) is 0 Å². The van der Waals surface area contributed by atoms with E-state index in [9.17, 15) is 0 Å². The Kier molecular flexibility index (Phi) is 2.82. The topological polar surface area (TPSA) is 41.6 Å². The summed E-state index contributed by atoms with van der Waals surface area (Å²) in [6.45, 7) is 0. The summed E-state index contributed by atoms with van der Waals surface area (Å²) in [6, 6.07) is 9.89. The van der Waals surface area contributed by atoms with Crippen molar-refractivity contribution < 1.29 is 0 Å². The number of halogens is 1. The van der Waals surface area contributed by atoms with Gasteiger partial charge < -0.3 is 0 Å². The van der Waals surface area contributed by atoms with Crippen LogP contribution in [-0.4, -0.2) is 15.2 Å². The van der Waals surface area contributed by atoms with E-state index in [4.69, 9.17) is 0 Å². The molecule has 2 aromatic rings. The summed E-state index contributed by atoms with van der Waals surface area (Å²) < 4.78 is 0. The molecule has 62 valence electrons. The predicted octanol–water partition coefficient (Wildman–Crippen LogP) is 1.89. The molecule has 0 amide bonds. The van der Waals surface area contributed by atoms with E-state index >= 15 is 0 Å². The smallest absolute Gasteiger partial charge is 0.155 e. The van der Waals surface area contributed by atoms with Gasteiger partial charge in [-0.25, -0.2) is 4.98 Å². The minimum absolute atomic E-state index is 0. The highest BCUT2D eigenvalue weighted by atomic mass is 35.5. The lowest BCUT2D eigenvalue weighted by atomic mass is 10.2.